The van der Waals surface area contributed by atoms with E-state index in [0.29, 0.717) is 10.6 Å². The van der Waals surface area contributed by atoms with E-state index in [2.05, 4.69) is 6.92 Å². The van der Waals surface area contributed by atoms with Gasteiger partial charge in [-0.25, -0.2) is 4.39 Å². The molecule has 0 radical (unpaired) electrons. The van der Waals surface area contributed by atoms with E-state index >= 15 is 0 Å². The normalized spacial score (nSPS) is 12.8. The lowest BCUT2D eigenvalue weighted by atomic mass is 10.1. The minimum Gasteiger partial charge on any atom is -0.323 e. The Hall–Kier alpha value is -0.250. The number of hydrogen-bond donors (Lipinski definition) is 1. The van der Waals surface area contributed by atoms with Gasteiger partial charge >= 0.3 is 0 Å². The molecule has 1 rings (SSSR count). The third kappa shape index (κ3) is 4.01. The van der Waals surface area contributed by atoms with Crippen molar-refractivity contribution < 1.29 is 4.39 Å². The van der Waals surface area contributed by atoms with E-state index < -0.39 is 0 Å². The van der Waals surface area contributed by atoms with Crippen LogP contribution >= 0.6 is 23.4 Å². The predicted octanol–water partition coefficient (Wildman–Crippen LogP) is 3.62. The molecule has 1 aromatic carbocycles. The molecule has 84 valence electrons. The fourth-order valence-electron chi connectivity index (χ4n) is 1.25. The molecular formula is C11H15ClFNS. The van der Waals surface area contributed by atoms with Gasteiger partial charge < -0.3 is 5.73 Å². The zero-order chi connectivity index (χ0) is 11.3. The van der Waals surface area contributed by atoms with E-state index in [1.165, 1.54) is 6.07 Å². The molecule has 0 aliphatic carbocycles. The molecule has 0 aromatic heterocycles. The van der Waals surface area contributed by atoms with Gasteiger partial charge in [0.1, 0.15) is 5.82 Å². The van der Waals surface area contributed by atoms with E-state index in [1.807, 2.05) is 0 Å². The molecule has 0 spiro atoms. The van der Waals surface area contributed by atoms with Crippen molar-refractivity contribution in [1.82, 2.24) is 0 Å². The first kappa shape index (κ1) is 12.8. The average Bonchev–Trinajstić information content (AvgIpc) is 2.17. The van der Waals surface area contributed by atoms with Crippen LogP contribution in [0.25, 0.3) is 0 Å². The number of halogens is 2. The topological polar surface area (TPSA) is 26.0 Å². The summed E-state index contributed by atoms with van der Waals surface area (Å²) in [6.07, 6.45) is 1.11. The Labute approximate surface area is 99.2 Å². The fraction of sp³-hybridized carbons (Fsp3) is 0.455. The minimum absolute atomic E-state index is 0.251. The Balaban J connectivity index is 2.61. The van der Waals surface area contributed by atoms with Gasteiger partial charge in [-0.1, -0.05) is 24.6 Å². The SMILES string of the molecule is CCCSCC(N)c1ccc(Cl)cc1F. The van der Waals surface area contributed by atoms with Gasteiger partial charge in [0.25, 0.3) is 0 Å². The Morgan fingerprint density at radius 1 is 1.53 bits per heavy atom. The van der Waals surface area contributed by atoms with Crippen molar-refractivity contribution in [2.24, 2.45) is 5.73 Å². The highest BCUT2D eigenvalue weighted by Gasteiger charge is 2.11. The van der Waals surface area contributed by atoms with Crippen molar-refractivity contribution in [3.63, 3.8) is 0 Å². The van der Waals surface area contributed by atoms with Gasteiger partial charge in [-0.2, -0.15) is 11.8 Å². The van der Waals surface area contributed by atoms with Crippen molar-refractivity contribution in [2.75, 3.05) is 11.5 Å². The molecule has 0 amide bonds. The summed E-state index contributed by atoms with van der Waals surface area (Å²) in [6, 6.07) is 4.39. The lowest BCUT2D eigenvalue weighted by molar-refractivity contribution is 0.595. The molecule has 0 aliphatic heterocycles. The number of thioether (sulfide) groups is 1. The van der Waals surface area contributed by atoms with Gasteiger partial charge in [-0.3, -0.25) is 0 Å². The molecule has 0 bridgehead atoms. The molecule has 1 nitrogen and oxygen atoms in total. The minimum atomic E-state index is -0.313. The van der Waals surface area contributed by atoms with Gasteiger partial charge in [0.2, 0.25) is 0 Å². The fourth-order valence-corrected chi connectivity index (χ4v) is 2.29. The Morgan fingerprint density at radius 3 is 2.87 bits per heavy atom. The largest absolute Gasteiger partial charge is 0.323 e. The van der Waals surface area contributed by atoms with Gasteiger partial charge in [0.05, 0.1) is 0 Å². The maximum atomic E-state index is 13.4. The predicted molar refractivity (Wildman–Crippen MR) is 66.0 cm³/mol. The molecule has 0 heterocycles. The number of nitrogens with two attached hydrogens (primary N) is 1. The van der Waals surface area contributed by atoms with Crippen molar-refractivity contribution in [1.29, 1.82) is 0 Å². The summed E-state index contributed by atoms with van der Waals surface area (Å²) in [5, 5.41) is 0.407. The molecule has 15 heavy (non-hydrogen) atoms. The zero-order valence-electron chi connectivity index (χ0n) is 8.67. The quantitative estimate of drug-likeness (QED) is 0.805. The highest BCUT2D eigenvalue weighted by Crippen LogP contribution is 2.22. The molecule has 0 aliphatic rings. The molecule has 1 atom stereocenters. The van der Waals surface area contributed by atoms with Crippen LogP contribution in [0.3, 0.4) is 0 Å². The summed E-state index contributed by atoms with van der Waals surface area (Å²) < 4.78 is 13.4. The third-order valence-electron chi connectivity index (χ3n) is 2.01. The Kier molecular flexibility index (Phi) is 5.43. The smallest absolute Gasteiger partial charge is 0.129 e. The van der Waals surface area contributed by atoms with Crippen LogP contribution in [0.15, 0.2) is 18.2 Å². The van der Waals surface area contributed by atoms with Gasteiger partial charge in [0.15, 0.2) is 0 Å². The second-order valence-corrected chi connectivity index (χ2v) is 4.93. The number of benzene rings is 1. The maximum absolute atomic E-state index is 13.4. The van der Waals surface area contributed by atoms with Crippen LogP contribution in [0.5, 0.6) is 0 Å². The molecule has 2 N–H and O–H groups in total. The highest BCUT2D eigenvalue weighted by molar-refractivity contribution is 7.99. The second-order valence-electron chi connectivity index (χ2n) is 3.35. The summed E-state index contributed by atoms with van der Waals surface area (Å²) >= 11 is 7.41. The number of hydrogen-bond acceptors (Lipinski definition) is 2. The van der Waals surface area contributed by atoms with Crippen molar-refractivity contribution in [3.05, 3.63) is 34.6 Å². The summed E-state index contributed by atoms with van der Waals surface area (Å²) in [5.41, 5.74) is 6.43. The molecule has 1 unspecified atom stereocenters. The van der Waals surface area contributed by atoms with E-state index in [0.717, 1.165) is 17.9 Å². The highest BCUT2D eigenvalue weighted by atomic mass is 35.5. The van der Waals surface area contributed by atoms with Gasteiger partial charge in [-0.05, 0) is 24.3 Å². The average molecular weight is 248 g/mol. The lowest BCUT2D eigenvalue weighted by Crippen LogP contribution is -2.14. The molecule has 0 fully saturated rings. The first-order valence-electron chi connectivity index (χ1n) is 4.93. The van der Waals surface area contributed by atoms with Crippen LogP contribution in [-0.4, -0.2) is 11.5 Å². The van der Waals surface area contributed by atoms with Crippen molar-refractivity contribution in [3.8, 4) is 0 Å². The molecule has 0 saturated heterocycles. The van der Waals surface area contributed by atoms with Crippen LogP contribution in [0.4, 0.5) is 4.39 Å². The van der Waals surface area contributed by atoms with Crippen LogP contribution < -0.4 is 5.73 Å². The van der Waals surface area contributed by atoms with Crippen LogP contribution in [0.1, 0.15) is 24.9 Å². The summed E-state index contributed by atoms with van der Waals surface area (Å²) in [4.78, 5) is 0. The second kappa shape index (κ2) is 6.36. The van der Waals surface area contributed by atoms with Gasteiger partial charge in [0, 0.05) is 22.4 Å². The third-order valence-corrected chi connectivity index (χ3v) is 3.53. The molecule has 1 aromatic rings. The van der Waals surface area contributed by atoms with Crippen molar-refractivity contribution in [2.45, 2.75) is 19.4 Å². The van der Waals surface area contributed by atoms with Crippen LogP contribution in [0.2, 0.25) is 5.02 Å². The van der Waals surface area contributed by atoms with E-state index in [4.69, 9.17) is 17.3 Å². The van der Waals surface area contributed by atoms with E-state index in [-0.39, 0.29) is 11.9 Å². The van der Waals surface area contributed by atoms with E-state index in [9.17, 15) is 4.39 Å². The first-order valence-corrected chi connectivity index (χ1v) is 6.46. The standard InChI is InChI=1S/C11H15ClFNS/c1-2-5-15-7-11(14)9-4-3-8(12)6-10(9)13/h3-4,6,11H,2,5,7,14H2,1H3. The number of rotatable bonds is 5. The van der Waals surface area contributed by atoms with Crippen LogP contribution in [-0.2, 0) is 0 Å². The lowest BCUT2D eigenvalue weighted by Gasteiger charge is -2.12. The van der Waals surface area contributed by atoms with Crippen molar-refractivity contribution >= 4 is 23.4 Å². The monoisotopic (exact) mass is 247 g/mol. The first-order chi connectivity index (χ1) is 7.15. The van der Waals surface area contributed by atoms with Gasteiger partial charge in [-0.15, -0.1) is 0 Å². The summed E-state index contributed by atoms with van der Waals surface area (Å²) in [6.45, 7) is 2.11. The summed E-state index contributed by atoms with van der Waals surface area (Å²) in [5.74, 6) is 1.49. The maximum Gasteiger partial charge on any atom is 0.129 e. The summed E-state index contributed by atoms with van der Waals surface area (Å²) in [7, 11) is 0. The molecular weight excluding hydrogens is 233 g/mol. The Bertz CT molecular complexity index is 319. The molecule has 0 saturated carbocycles. The van der Waals surface area contributed by atoms with Crippen LogP contribution in [0, 0.1) is 5.82 Å². The molecule has 4 heteroatoms. The van der Waals surface area contributed by atoms with E-state index in [1.54, 1.807) is 23.9 Å². The Morgan fingerprint density at radius 2 is 2.27 bits per heavy atom. The zero-order valence-corrected chi connectivity index (χ0v) is 10.2.